The summed E-state index contributed by atoms with van der Waals surface area (Å²) in [5, 5.41) is 15.6. The summed E-state index contributed by atoms with van der Waals surface area (Å²) >= 11 is 5.93. The van der Waals surface area contributed by atoms with E-state index in [0.29, 0.717) is 5.02 Å². The molecule has 3 nitrogen and oxygen atoms in total. The van der Waals surface area contributed by atoms with Crippen molar-refractivity contribution in [3.05, 3.63) is 76.1 Å². The van der Waals surface area contributed by atoms with Gasteiger partial charge in [-0.3, -0.25) is 0 Å². The first-order valence-electron chi connectivity index (χ1n) is 7.59. The predicted octanol–water partition coefficient (Wildman–Crippen LogP) is 4.95. The van der Waals surface area contributed by atoms with E-state index in [9.17, 15) is 5.11 Å². The van der Waals surface area contributed by atoms with Crippen LogP contribution in [-0.4, -0.2) is 10.3 Å². The normalized spacial score (nSPS) is 12.3. The lowest BCUT2D eigenvalue weighted by Gasteiger charge is -2.16. The SMILES string of the molecule is CCc1noc(C)c1-c1ccccc1C(O)c1ccc(Cl)cc1. The van der Waals surface area contributed by atoms with Crippen LogP contribution in [-0.2, 0) is 6.42 Å². The molecule has 23 heavy (non-hydrogen) atoms. The van der Waals surface area contributed by atoms with E-state index in [4.69, 9.17) is 16.1 Å². The number of aliphatic hydroxyl groups excluding tert-OH is 1. The molecular weight excluding hydrogens is 310 g/mol. The third-order valence-electron chi connectivity index (χ3n) is 3.98. The largest absolute Gasteiger partial charge is 0.384 e. The monoisotopic (exact) mass is 327 g/mol. The van der Waals surface area contributed by atoms with Crippen LogP contribution in [0.25, 0.3) is 11.1 Å². The van der Waals surface area contributed by atoms with Gasteiger partial charge in [0.05, 0.1) is 5.69 Å². The zero-order valence-electron chi connectivity index (χ0n) is 13.1. The number of aryl methyl sites for hydroxylation is 2. The van der Waals surface area contributed by atoms with Gasteiger partial charge in [0.2, 0.25) is 0 Å². The van der Waals surface area contributed by atoms with E-state index in [2.05, 4.69) is 5.16 Å². The van der Waals surface area contributed by atoms with Crippen molar-refractivity contribution in [3.63, 3.8) is 0 Å². The number of aromatic nitrogens is 1. The standard InChI is InChI=1S/C19H18ClNO2/c1-3-17-18(12(2)23-21-17)15-6-4-5-7-16(15)19(22)13-8-10-14(20)11-9-13/h4-11,19,22H,3H2,1-2H3. The molecule has 1 aromatic heterocycles. The van der Waals surface area contributed by atoms with Crippen LogP contribution in [0.4, 0.5) is 0 Å². The van der Waals surface area contributed by atoms with Crippen LogP contribution in [0, 0.1) is 6.92 Å². The summed E-state index contributed by atoms with van der Waals surface area (Å²) in [5.74, 6) is 0.762. The summed E-state index contributed by atoms with van der Waals surface area (Å²) in [5.41, 5.74) is 4.45. The Hall–Kier alpha value is -2.10. The Morgan fingerprint density at radius 2 is 1.83 bits per heavy atom. The summed E-state index contributed by atoms with van der Waals surface area (Å²) in [4.78, 5) is 0. The van der Waals surface area contributed by atoms with Crippen molar-refractivity contribution in [2.75, 3.05) is 0 Å². The Labute approximate surface area is 140 Å². The molecule has 0 radical (unpaired) electrons. The predicted molar refractivity (Wildman–Crippen MR) is 91.6 cm³/mol. The van der Waals surface area contributed by atoms with Gasteiger partial charge in [0, 0.05) is 10.6 Å². The lowest BCUT2D eigenvalue weighted by atomic mass is 9.91. The molecule has 2 aromatic carbocycles. The number of hydrogen-bond acceptors (Lipinski definition) is 3. The van der Waals surface area contributed by atoms with Crippen LogP contribution in [0.5, 0.6) is 0 Å². The number of benzene rings is 2. The average molecular weight is 328 g/mol. The summed E-state index contributed by atoms with van der Waals surface area (Å²) in [6.07, 6.45) is 0.0420. The molecule has 0 spiro atoms. The van der Waals surface area contributed by atoms with Gasteiger partial charge in [0.1, 0.15) is 11.9 Å². The Balaban J connectivity index is 2.11. The Kier molecular flexibility index (Phi) is 4.51. The quantitative estimate of drug-likeness (QED) is 0.737. The first kappa shape index (κ1) is 15.8. The minimum Gasteiger partial charge on any atom is -0.384 e. The Morgan fingerprint density at radius 3 is 2.52 bits per heavy atom. The van der Waals surface area contributed by atoms with Gasteiger partial charge in [0.25, 0.3) is 0 Å². The van der Waals surface area contributed by atoms with Gasteiger partial charge < -0.3 is 9.63 Å². The second-order valence-corrected chi connectivity index (χ2v) is 5.89. The number of rotatable bonds is 4. The molecule has 0 aliphatic carbocycles. The van der Waals surface area contributed by atoms with Gasteiger partial charge in [-0.1, -0.05) is 60.1 Å². The maximum atomic E-state index is 10.8. The van der Waals surface area contributed by atoms with Crippen LogP contribution in [0.15, 0.2) is 53.1 Å². The third kappa shape index (κ3) is 3.03. The Bertz CT molecular complexity index is 808. The third-order valence-corrected chi connectivity index (χ3v) is 4.23. The zero-order chi connectivity index (χ0) is 16.4. The van der Waals surface area contributed by atoms with Crippen molar-refractivity contribution in [3.8, 4) is 11.1 Å². The summed E-state index contributed by atoms with van der Waals surface area (Å²) in [7, 11) is 0. The highest BCUT2D eigenvalue weighted by Crippen LogP contribution is 2.35. The highest BCUT2D eigenvalue weighted by Gasteiger charge is 2.20. The van der Waals surface area contributed by atoms with Gasteiger partial charge in [-0.25, -0.2) is 0 Å². The topological polar surface area (TPSA) is 46.3 Å². The van der Waals surface area contributed by atoms with Gasteiger partial charge in [-0.15, -0.1) is 0 Å². The first-order valence-corrected chi connectivity index (χ1v) is 7.97. The molecule has 1 N–H and O–H groups in total. The van der Waals surface area contributed by atoms with E-state index in [1.807, 2.05) is 50.2 Å². The molecule has 0 saturated heterocycles. The average Bonchev–Trinajstić information content (AvgIpc) is 2.95. The second kappa shape index (κ2) is 6.57. The van der Waals surface area contributed by atoms with Crippen molar-refractivity contribution in [2.24, 2.45) is 0 Å². The molecule has 1 atom stereocenters. The van der Waals surface area contributed by atoms with Crippen molar-refractivity contribution in [1.29, 1.82) is 0 Å². The van der Waals surface area contributed by atoms with Crippen molar-refractivity contribution >= 4 is 11.6 Å². The van der Waals surface area contributed by atoms with E-state index < -0.39 is 6.10 Å². The maximum absolute atomic E-state index is 10.8. The summed E-state index contributed by atoms with van der Waals surface area (Å²) < 4.78 is 5.35. The molecular formula is C19H18ClNO2. The number of aliphatic hydroxyl groups is 1. The van der Waals surface area contributed by atoms with Crippen LogP contribution < -0.4 is 0 Å². The first-order chi connectivity index (χ1) is 11.1. The molecule has 3 rings (SSSR count). The van der Waals surface area contributed by atoms with Gasteiger partial charge in [0.15, 0.2) is 0 Å². The van der Waals surface area contributed by atoms with E-state index in [0.717, 1.165) is 40.1 Å². The number of hydrogen-bond donors (Lipinski definition) is 1. The lowest BCUT2D eigenvalue weighted by Crippen LogP contribution is -2.02. The number of halogens is 1. The minimum atomic E-state index is -0.734. The van der Waals surface area contributed by atoms with Crippen LogP contribution in [0.3, 0.4) is 0 Å². The molecule has 0 bridgehead atoms. The van der Waals surface area contributed by atoms with Gasteiger partial charge in [-0.2, -0.15) is 0 Å². The molecule has 1 unspecified atom stereocenters. The van der Waals surface area contributed by atoms with Crippen LogP contribution >= 0.6 is 11.6 Å². The fourth-order valence-corrected chi connectivity index (χ4v) is 2.92. The summed E-state index contributed by atoms with van der Waals surface area (Å²) in [6.45, 7) is 3.94. The minimum absolute atomic E-state index is 0.650. The molecule has 3 aromatic rings. The molecule has 1 heterocycles. The van der Waals surface area contributed by atoms with Crippen molar-refractivity contribution < 1.29 is 9.63 Å². The second-order valence-electron chi connectivity index (χ2n) is 5.46. The molecule has 0 amide bonds. The Morgan fingerprint density at radius 1 is 1.13 bits per heavy atom. The van der Waals surface area contributed by atoms with Crippen molar-refractivity contribution in [2.45, 2.75) is 26.4 Å². The summed E-state index contributed by atoms with van der Waals surface area (Å²) in [6, 6.07) is 15.0. The van der Waals surface area contributed by atoms with Gasteiger partial charge in [-0.05, 0) is 42.2 Å². The molecule has 4 heteroatoms. The zero-order valence-corrected chi connectivity index (χ0v) is 13.8. The highest BCUT2D eigenvalue weighted by molar-refractivity contribution is 6.30. The molecule has 0 fully saturated rings. The van der Waals surface area contributed by atoms with E-state index in [1.165, 1.54) is 0 Å². The van der Waals surface area contributed by atoms with E-state index in [1.54, 1.807) is 12.1 Å². The van der Waals surface area contributed by atoms with E-state index >= 15 is 0 Å². The van der Waals surface area contributed by atoms with Crippen molar-refractivity contribution in [1.82, 2.24) is 5.16 Å². The van der Waals surface area contributed by atoms with Crippen LogP contribution in [0.2, 0.25) is 5.02 Å². The molecule has 0 aliphatic heterocycles. The molecule has 118 valence electrons. The fraction of sp³-hybridized carbons (Fsp3) is 0.211. The van der Waals surface area contributed by atoms with E-state index in [-0.39, 0.29) is 0 Å². The van der Waals surface area contributed by atoms with Gasteiger partial charge >= 0.3 is 0 Å². The molecule has 0 aliphatic rings. The highest BCUT2D eigenvalue weighted by atomic mass is 35.5. The van der Waals surface area contributed by atoms with Crippen LogP contribution in [0.1, 0.15) is 35.6 Å². The smallest absolute Gasteiger partial charge is 0.141 e. The fourth-order valence-electron chi connectivity index (χ4n) is 2.79. The maximum Gasteiger partial charge on any atom is 0.141 e. The number of nitrogens with zero attached hydrogens (tertiary/aromatic N) is 1. The lowest BCUT2D eigenvalue weighted by molar-refractivity contribution is 0.221. The molecule has 0 saturated carbocycles.